The number of rotatable bonds is 3. The number of nitrogens with one attached hydrogen (secondary N) is 1. The first-order chi connectivity index (χ1) is 9.61. The third-order valence-electron chi connectivity index (χ3n) is 4.70. The maximum Gasteiger partial charge on any atom is 0.225 e. The fourth-order valence-corrected chi connectivity index (χ4v) is 3.47. The van der Waals surface area contributed by atoms with Gasteiger partial charge in [-0.2, -0.15) is 5.10 Å². The van der Waals surface area contributed by atoms with Crippen molar-refractivity contribution in [1.29, 1.82) is 0 Å². The van der Waals surface area contributed by atoms with Crippen molar-refractivity contribution in [3.8, 4) is 0 Å². The second kappa shape index (κ2) is 5.31. The molecule has 2 aliphatic rings. The Bertz CT molecular complexity index is 556. The summed E-state index contributed by atoms with van der Waals surface area (Å²) in [7, 11) is 0. The lowest BCUT2D eigenvalue weighted by Crippen LogP contribution is -2.39. The quantitative estimate of drug-likeness (QED) is 0.871. The van der Waals surface area contributed by atoms with E-state index in [0.29, 0.717) is 28.4 Å². The summed E-state index contributed by atoms with van der Waals surface area (Å²) in [6.45, 7) is 6.81. The molecule has 2 fully saturated rings. The molecule has 1 saturated heterocycles. The molecule has 3 rings (SSSR count). The van der Waals surface area contributed by atoms with Crippen LogP contribution in [0.3, 0.4) is 0 Å². The van der Waals surface area contributed by atoms with Crippen molar-refractivity contribution in [2.75, 3.05) is 13.1 Å². The summed E-state index contributed by atoms with van der Waals surface area (Å²) in [6, 6.07) is 0. The standard InChI is InChI=1S/C14H22N4OS/c1-3-18-12(15-16-14(18)20)10-4-6-17(7-5-10)13(19)11-8-9(11)2/h9-11H,3-8H2,1-2H3,(H,16,20)/t9-,11+/m1/s1. The number of carbonyl (C=O) groups is 1. The zero-order valence-electron chi connectivity index (χ0n) is 12.1. The summed E-state index contributed by atoms with van der Waals surface area (Å²) < 4.78 is 2.77. The number of aromatic nitrogens is 3. The Morgan fingerprint density at radius 3 is 2.65 bits per heavy atom. The highest BCUT2D eigenvalue weighted by atomic mass is 32.1. The predicted molar refractivity (Wildman–Crippen MR) is 78.9 cm³/mol. The first-order valence-electron chi connectivity index (χ1n) is 7.55. The topological polar surface area (TPSA) is 53.9 Å². The lowest BCUT2D eigenvalue weighted by atomic mass is 9.95. The molecule has 2 atom stereocenters. The van der Waals surface area contributed by atoms with Crippen LogP contribution in [0.2, 0.25) is 0 Å². The van der Waals surface area contributed by atoms with Crippen LogP contribution in [0, 0.1) is 16.6 Å². The second-order valence-electron chi connectivity index (χ2n) is 6.05. The molecule has 2 heterocycles. The lowest BCUT2D eigenvalue weighted by molar-refractivity contribution is -0.133. The van der Waals surface area contributed by atoms with Crippen LogP contribution in [0.4, 0.5) is 0 Å². The van der Waals surface area contributed by atoms with Crippen LogP contribution in [-0.2, 0) is 11.3 Å². The number of piperidine rings is 1. The van der Waals surface area contributed by atoms with E-state index in [2.05, 4.69) is 28.6 Å². The number of amides is 1. The molecule has 0 aromatic carbocycles. The van der Waals surface area contributed by atoms with Gasteiger partial charge in [0.1, 0.15) is 5.82 Å². The van der Waals surface area contributed by atoms with Gasteiger partial charge in [0, 0.05) is 31.5 Å². The molecule has 1 aromatic heterocycles. The van der Waals surface area contributed by atoms with Crippen molar-refractivity contribution in [3.05, 3.63) is 10.6 Å². The molecule has 0 spiro atoms. The van der Waals surface area contributed by atoms with Crippen LogP contribution in [-0.4, -0.2) is 38.7 Å². The van der Waals surface area contributed by atoms with E-state index < -0.39 is 0 Å². The Labute approximate surface area is 124 Å². The largest absolute Gasteiger partial charge is 0.342 e. The third-order valence-corrected chi connectivity index (χ3v) is 5.01. The number of hydrogen-bond acceptors (Lipinski definition) is 3. The molecule has 110 valence electrons. The molecule has 1 saturated carbocycles. The molecule has 1 aromatic rings. The zero-order valence-corrected chi connectivity index (χ0v) is 12.9. The van der Waals surface area contributed by atoms with Gasteiger partial charge >= 0.3 is 0 Å². The first-order valence-corrected chi connectivity index (χ1v) is 7.96. The molecule has 6 heteroatoms. The molecular weight excluding hydrogens is 272 g/mol. The molecule has 0 unspecified atom stereocenters. The van der Waals surface area contributed by atoms with Crippen LogP contribution < -0.4 is 0 Å². The second-order valence-corrected chi connectivity index (χ2v) is 6.44. The predicted octanol–water partition coefficient (Wildman–Crippen LogP) is 2.32. The number of carbonyl (C=O) groups excluding carboxylic acids is 1. The van der Waals surface area contributed by atoms with E-state index >= 15 is 0 Å². The third kappa shape index (κ3) is 2.41. The summed E-state index contributed by atoms with van der Waals surface area (Å²) in [6.07, 6.45) is 3.06. The van der Waals surface area contributed by atoms with Gasteiger partial charge < -0.3 is 9.47 Å². The van der Waals surface area contributed by atoms with E-state index in [9.17, 15) is 4.79 Å². The minimum atomic E-state index is 0.303. The molecule has 0 bridgehead atoms. The minimum Gasteiger partial charge on any atom is -0.342 e. The maximum atomic E-state index is 12.2. The molecule has 1 aliphatic heterocycles. The normalized spacial score (nSPS) is 26.8. The Hall–Kier alpha value is -1.17. The number of nitrogens with zero attached hydrogens (tertiary/aromatic N) is 3. The van der Waals surface area contributed by atoms with Gasteiger partial charge in [0.15, 0.2) is 4.77 Å². The van der Waals surface area contributed by atoms with E-state index in [-0.39, 0.29) is 0 Å². The number of H-pyrrole nitrogens is 1. The van der Waals surface area contributed by atoms with E-state index in [0.717, 1.165) is 44.7 Å². The van der Waals surface area contributed by atoms with Crippen LogP contribution in [0.25, 0.3) is 0 Å². The van der Waals surface area contributed by atoms with Gasteiger partial charge in [0.25, 0.3) is 0 Å². The molecule has 5 nitrogen and oxygen atoms in total. The lowest BCUT2D eigenvalue weighted by Gasteiger charge is -2.31. The molecule has 0 radical (unpaired) electrons. The number of aromatic amines is 1. The minimum absolute atomic E-state index is 0.303. The van der Waals surface area contributed by atoms with Crippen molar-refractivity contribution in [2.45, 2.75) is 45.6 Å². The number of hydrogen-bond donors (Lipinski definition) is 1. The average Bonchev–Trinajstić information content (AvgIpc) is 3.07. The Kier molecular flexibility index (Phi) is 3.67. The molecule has 1 N–H and O–H groups in total. The van der Waals surface area contributed by atoms with Gasteiger partial charge in [0.05, 0.1) is 0 Å². The van der Waals surface area contributed by atoms with Crippen molar-refractivity contribution < 1.29 is 4.79 Å². The highest BCUT2D eigenvalue weighted by Gasteiger charge is 2.42. The van der Waals surface area contributed by atoms with E-state index in [1.807, 2.05) is 4.90 Å². The molecule has 20 heavy (non-hydrogen) atoms. The van der Waals surface area contributed by atoms with Gasteiger partial charge in [-0.15, -0.1) is 0 Å². The van der Waals surface area contributed by atoms with E-state index in [1.165, 1.54) is 0 Å². The highest BCUT2D eigenvalue weighted by molar-refractivity contribution is 7.71. The highest BCUT2D eigenvalue weighted by Crippen LogP contribution is 2.40. The SMILES string of the molecule is CCn1c(C2CCN(C(=O)[C@H]3C[C@H]3C)CC2)n[nH]c1=S. The van der Waals surface area contributed by atoms with Crippen LogP contribution >= 0.6 is 12.2 Å². The van der Waals surface area contributed by atoms with Crippen molar-refractivity contribution in [1.82, 2.24) is 19.7 Å². The molecule has 1 aliphatic carbocycles. The van der Waals surface area contributed by atoms with Crippen LogP contribution in [0.15, 0.2) is 0 Å². The van der Waals surface area contributed by atoms with Gasteiger partial charge in [-0.3, -0.25) is 9.89 Å². The Morgan fingerprint density at radius 2 is 2.10 bits per heavy atom. The Morgan fingerprint density at radius 1 is 1.45 bits per heavy atom. The van der Waals surface area contributed by atoms with Crippen molar-refractivity contribution >= 4 is 18.1 Å². The Balaban J connectivity index is 1.63. The fourth-order valence-electron chi connectivity index (χ4n) is 3.21. The van der Waals surface area contributed by atoms with Gasteiger partial charge in [-0.25, -0.2) is 0 Å². The monoisotopic (exact) mass is 294 g/mol. The van der Waals surface area contributed by atoms with E-state index in [4.69, 9.17) is 12.2 Å². The van der Waals surface area contributed by atoms with E-state index in [1.54, 1.807) is 0 Å². The summed E-state index contributed by atoms with van der Waals surface area (Å²) in [4.78, 5) is 14.3. The smallest absolute Gasteiger partial charge is 0.225 e. The first kappa shape index (κ1) is 13.8. The van der Waals surface area contributed by atoms with Crippen LogP contribution in [0.1, 0.15) is 44.9 Å². The summed E-state index contributed by atoms with van der Waals surface area (Å²) in [5, 5.41) is 7.27. The molecule has 1 amide bonds. The summed E-state index contributed by atoms with van der Waals surface area (Å²) >= 11 is 5.24. The van der Waals surface area contributed by atoms with Gasteiger partial charge in [-0.1, -0.05) is 6.92 Å². The van der Waals surface area contributed by atoms with Crippen LogP contribution in [0.5, 0.6) is 0 Å². The van der Waals surface area contributed by atoms with Gasteiger partial charge in [-0.05, 0) is 44.3 Å². The average molecular weight is 294 g/mol. The van der Waals surface area contributed by atoms with Gasteiger partial charge in [0.2, 0.25) is 5.91 Å². The summed E-state index contributed by atoms with van der Waals surface area (Å²) in [5.41, 5.74) is 0. The van der Waals surface area contributed by atoms with Crippen molar-refractivity contribution in [3.63, 3.8) is 0 Å². The number of likely N-dealkylation sites (tertiary alicyclic amines) is 1. The molecular formula is C14H22N4OS. The summed E-state index contributed by atoms with van der Waals surface area (Å²) in [5.74, 6) is 2.74. The van der Waals surface area contributed by atoms with Crippen molar-refractivity contribution in [2.24, 2.45) is 11.8 Å². The fraction of sp³-hybridized carbons (Fsp3) is 0.786. The zero-order chi connectivity index (χ0) is 14.3. The maximum absolute atomic E-state index is 12.2.